The molecule has 3 nitrogen and oxygen atoms in total. The molecule has 0 N–H and O–H groups in total. The van der Waals surface area contributed by atoms with Crippen molar-refractivity contribution in [3.63, 3.8) is 0 Å². The summed E-state index contributed by atoms with van der Waals surface area (Å²) in [6.45, 7) is 0. The number of benzene rings is 9. The van der Waals surface area contributed by atoms with E-state index in [1.165, 1.54) is 87.6 Å². The Morgan fingerprint density at radius 1 is 0.321 bits per heavy atom. The fourth-order valence-electron chi connectivity index (χ4n) is 9.64. The van der Waals surface area contributed by atoms with Crippen molar-refractivity contribution < 1.29 is 4.42 Å². The van der Waals surface area contributed by atoms with Crippen molar-refractivity contribution in [1.82, 2.24) is 9.13 Å². The van der Waals surface area contributed by atoms with E-state index in [4.69, 9.17) is 4.42 Å². The van der Waals surface area contributed by atoms with Crippen molar-refractivity contribution in [3.05, 3.63) is 170 Å². The number of fused-ring (bicyclic) bond motifs is 14. The second-order valence-corrected chi connectivity index (χ2v) is 14.4. The van der Waals surface area contributed by atoms with Gasteiger partial charge < -0.3 is 13.6 Å². The summed E-state index contributed by atoms with van der Waals surface area (Å²) in [5.41, 5.74) is 14.1. The third kappa shape index (κ3) is 3.49. The first-order valence-electron chi connectivity index (χ1n) is 18.3. The number of rotatable bonds is 2. The van der Waals surface area contributed by atoms with Gasteiger partial charge in [0.05, 0.1) is 27.8 Å². The highest BCUT2D eigenvalue weighted by molar-refractivity contribution is 6.31. The molecular formula is C50H28N2O. The molecule has 0 unspecified atom stereocenters. The Hall–Kier alpha value is -7.10. The van der Waals surface area contributed by atoms with Crippen molar-refractivity contribution in [2.45, 2.75) is 0 Å². The maximum absolute atomic E-state index is 6.52. The first-order chi connectivity index (χ1) is 26.3. The van der Waals surface area contributed by atoms with Crippen LogP contribution in [0.3, 0.4) is 0 Å². The molecule has 3 aromatic heterocycles. The van der Waals surface area contributed by atoms with Crippen LogP contribution in [0.25, 0.3) is 121 Å². The molecule has 0 fully saturated rings. The first kappa shape index (κ1) is 27.6. The highest BCUT2D eigenvalue weighted by atomic mass is 16.3. The normalized spacial score (nSPS) is 12.5. The molecule has 1 aliphatic rings. The molecule has 244 valence electrons. The predicted octanol–water partition coefficient (Wildman–Crippen LogP) is 13.7. The van der Waals surface area contributed by atoms with Gasteiger partial charge >= 0.3 is 0 Å². The third-order valence-corrected chi connectivity index (χ3v) is 11.8. The maximum Gasteiger partial charge on any atom is 0.137 e. The lowest BCUT2D eigenvalue weighted by atomic mass is 10.0. The van der Waals surface area contributed by atoms with Crippen LogP contribution in [0.15, 0.2) is 174 Å². The van der Waals surface area contributed by atoms with Gasteiger partial charge in [0.2, 0.25) is 0 Å². The molecule has 12 aromatic rings. The Kier molecular flexibility index (Phi) is 5.11. The minimum Gasteiger partial charge on any atom is -0.456 e. The first-order valence-corrected chi connectivity index (χ1v) is 18.3. The quantitative estimate of drug-likeness (QED) is 0.179. The molecule has 0 saturated carbocycles. The fraction of sp³-hybridized carbons (Fsp3) is 0. The Morgan fingerprint density at radius 3 is 1.89 bits per heavy atom. The molecule has 0 amide bonds. The van der Waals surface area contributed by atoms with Gasteiger partial charge in [-0.2, -0.15) is 0 Å². The van der Waals surface area contributed by atoms with Crippen LogP contribution in [-0.2, 0) is 0 Å². The number of hydrogen-bond donors (Lipinski definition) is 0. The Labute approximate surface area is 303 Å². The number of nitrogens with zero attached hydrogens (tertiary/aromatic N) is 2. The van der Waals surface area contributed by atoms with Crippen LogP contribution in [-0.4, -0.2) is 9.13 Å². The van der Waals surface area contributed by atoms with E-state index in [0.717, 1.165) is 33.1 Å². The van der Waals surface area contributed by atoms with E-state index in [1.54, 1.807) is 0 Å². The van der Waals surface area contributed by atoms with E-state index in [2.05, 4.69) is 173 Å². The van der Waals surface area contributed by atoms with Crippen LogP contribution in [0.5, 0.6) is 0 Å². The molecule has 3 heterocycles. The van der Waals surface area contributed by atoms with Crippen LogP contribution in [0, 0.1) is 0 Å². The van der Waals surface area contributed by atoms with E-state index in [1.807, 2.05) is 6.07 Å². The molecule has 53 heavy (non-hydrogen) atoms. The van der Waals surface area contributed by atoms with Crippen molar-refractivity contribution in [2.75, 3.05) is 0 Å². The lowest BCUT2D eigenvalue weighted by Crippen LogP contribution is -1.96. The Balaban J connectivity index is 1.18. The largest absolute Gasteiger partial charge is 0.456 e. The molecule has 9 aromatic carbocycles. The van der Waals surface area contributed by atoms with Gasteiger partial charge in [0.1, 0.15) is 11.2 Å². The molecule has 1 aliphatic carbocycles. The zero-order valence-electron chi connectivity index (χ0n) is 28.5. The monoisotopic (exact) mass is 672 g/mol. The standard InChI is InChI=1S/C50H28N2O/c1-2-14-32-29(10-1)11-9-20-41(32)52-44-25-24-43-49(50(44)40-27-39-34-15-4-6-21-46(34)53-47(39)28-45(40)52)37-16-3-5-19-42(37)51(43)31-22-23-33-35-17-7-12-30-13-8-18-36(48(30)35)38(33)26-31/h1-28H. The maximum atomic E-state index is 6.52. The minimum absolute atomic E-state index is 0.899. The lowest BCUT2D eigenvalue weighted by molar-refractivity contribution is 0.669. The van der Waals surface area contributed by atoms with E-state index < -0.39 is 0 Å². The van der Waals surface area contributed by atoms with Crippen molar-refractivity contribution >= 4 is 87.1 Å². The number of furan rings is 1. The molecule has 3 heteroatoms. The Bertz CT molecular complexity index is 3560. The van der Waals surface area contributed by atoms with Crippen LogP contribution in [0.4, 0.5) is 0 Å². The SMILES string of the molecule is c1ccc2c(-n3c4cc5oc6ccccc6c5cc4c4c5c6ccccc6n(-c6ccc7c(c6)-c6cccc8cccc-7c68)c5ccc43)cccc2c1. The van der Waals surface area contributed by atoms with Gasteiger partial charge in [-0.25, -0.2) is 0 Å². The highest BCUT2D eigenvalue weighted by Gasteiger charge is 2.25. The topological polar surface area (TPSA) is 23.0 Å². The number of aromatic nitrogens is 2. The van der Waals surface area contributed by atoms with Crippen LogP contribution < -0.4 is 0 Å². The zero-order valence-corrected chi connectivity index (χ0v) is 28.5. The molecule has 0 aliphatic heterocycles. The zero-order chi connectivity index (χ0) is 34.4. The summed E-state index contributed by atoms with van der Waals surface area (Å²) < 4.78 is 11.4. The predicted molar refractivity (Wildman–Crippen MR) is 222 cm³/mol. The molecular weight excluding hydrogens is 645 g/mol. The van der Waals surface area contributed by atoms with Gasteiger partial charge in [-0.05, 0) is 86.9 Å². The third-order valence-electron chi connectivity index (χ3n) is 11.8. The summed E-state index contributed by atoms with van der Waals surface area (Å²) >= 11 is 0. The summed E-state index contributed by atoms with van der Waals surface area (Å²) in [7, 11) is 0. The minimum atomic E-state index is 0.899. The van der Waals surface area contributed by atoms with Gasteiger partial charge in [-0.1, -0.05) is 115 Å². The summed E-state index contributed by atoms with van der Waals surface area (Å²) in [5, 5.41) is 12.3. The van der Waals surface area contributed by atoms with Crippen molar-refractivity contribution in [1.29, 1.82) is 0 Å². The molecule has 0 saturated heterocycles. The van der Waals surface area contributed by atoms with Crippen molar-refractivity contribution in [3.8, 4) is 33.6 Å². The number of para-hydroxylation sites is 2. The Morgan fingerprint density at radius 2 is 1.00 bits per heavy atom. The average molecular weight is 673 g/mol. The number of hydrogen-bond acceptors (Lipinski definition) is 1. The van der Waals surface area contributed by atoms with Crippen LogP contribution in [0.2, 0.25) is 0 Å². The smallest absolute Gasteiger partial charge is 0.137 e. The van der Waals surface area contributed by atoms with E-state index in [9.17, 15) is 0 Å². The van der Waals surface area contributed by atoms with E-state index in [-0.39, 0.29) is 0 Å². The lowest BCUT2D eigenvalue weighted by Gasteiger charge is -2.12. The van der Waals surface area contributed by atoms with Gasteiger partial charge in [0.15, 0.2) is 0 Å². The average Bonchev–Trinajstić information content (AvgIpc) is 3.94. The molecule has 0 radical (unpaired) electrons. The fourth-order valence-corrected chi connectivity index (χ4v) is 9.64. The van der Waals surface area contributed by atoms with Gasteiger partial charge in [-0.15, -0.1) is 0 Å². The summed E-state index contributed by atoms with van der Waals surface area (Å²) in [6, 6.07) is 62.3. The summed E-state index contributed by atoms with van der Waals surface area (Å²) in [4.78, 5) is 0. The van der Waals surface area contributed by atoms with Crippen LogP contribution >= 0.6 is 0 Å². The molecule has 0 bridgehead atoms. The second kappa shape index (κ2) is 9.81. The van der Waals surface area contributed by atoms with Crippen molar-refractivity contribution in [2.24, 2.45) is 0 Å². The van der Waals surface area contributed by atoms with Gasteiger partial charge in [0, 0.05) is 49.5 Å². The summed E-state index contributed by atoms with van der Waals surface area (Å²) in [5.74, 6) is 0. The van der Waals surface area contributed by atoms with E-state index in [0.29, 0.717) is 0 Å². The highest BCUT2D eigenvalue weighted by Crippen LogP contribution is 2.49. The van der Waals surface area contributed by atoms with E-state index >= 15 is 0 Å². The van der Waals surface area contributed by atoms with Gasteiger partial charge in [0.25, 0.3) is 0 Å². The van der Waals surface area contributed by atoms with Gasteiger partial charge in [-0.3, -0.25) is 0 Å². The van der Waals surface area contributed by atoms with Crippen LogP contribution in [0.1, 0.15) is 0 Å². The molecule has 0 spiro atoms. The second-order valence-electron chi connectivity index (χ2n) is 14.4. The molecule has 13 rings (SSSR count). The molecule has 0 atom stereocenters. The summed E-state index contributed by atoms with van der Waals surface area (Å²) in [6.07, 6.45) is 0.